The van der Waals surface area contributed by atoms with Gasteiger partial charge in [-0.05, 0) is 42.0 Å². The van der Waals surface area contributed by atoms with Crippen LogP contribution in [0.4, 0.5) is 5.69 Å². The minimum absolute atomic E-state index is 0.208. The highest BCUT2D eigenvalue weighted by atomic mass is 16.3. The number of aromatic hydroxyl groups is 1. The van der Waals surface area contributed by atoms with E-state index in [9.17, 15) is 5.11 Å². The zero-order chi connectivity index (χ0) is 14.4. The molecule has 1 heterocycles. The molecule has 3 heteroatoms. The molecule has 0 bridgehead atoms. The number of fused-ring (bicyclic) bond motifs is 3. The first-order valence-electron chi connectivity index (χ1n) is 6.72. The van der Waals surface area contributed by atoms with Gasteiger partial charge in [0.15, 0.2) is 0 Å². The quantitative estimate of drug-likeness (QED) is 0.396. The first-order valence-corrected chi connectivity index (χ1v) is 6.72. The summed E-state index contributed by atoms with van der Waals surface area (Å²) in [7, 11) is 0. The molecule has 3 aromatic carbocycles. The first-order chi connectivity index (χ1) is 10.2. The lowest BCUT2D eigenvalue weighted by atomic mass is 10.0. The molecule has 0 fully saturated rings. The number of benzene rings is 3. The number of phenolic OH excluding ortho intramolecular Hbond substituents is 1. The molecule has 3 N–H and O–H groups in total. The maximum atomic E-state index is 10.0. The van der Waals surface area contributed by atoms with Crippen molar-refractivity contribution in [3.05, 3.63) is 60.7 Å². The van der Waals surface area contributed by atoms with Crippen molar-refractivity contribution in [2.45, 2.75) is 0 Å². The van der Waals surface area contributed by atoms with Gasteiger partial charge in [0.05, 0.1) is 0 Å². The van der Waals surface area contributed by atoms with Gasteiger partial charge >= 0.3 is 0 Å². The number of phenols is 1. The smallest absolute Gasteiger partial charge is 0.136 e. The predicted octanol–water partition coefficient (Wildman–Crippen LogP) is 4.54. The lowest BCUT2D eigenvalue weighted by molar-refractivity contribution is 0.477. The third kappa shape index (κ3) is 1.82. The van der Waals surface area contributed by atoms with E-state index in [4.69, 9.17) is 10.2 Å². The number of nitrogen functional groups attached to an aromatic ring is 1. The van der Waals surface area contributed by atoms with Gasteiger partial charge in [0.25, 0.3) is 0 Å². The number of anilines is 1. The second-order valence-corrected chi connectivity index (χ2v) is 5.09. The van der Waals surface area contributed by atoms with E-state index in [-0.39, 0.29) is 5.75 Å². The molecule has 3 nitrogen and oxygen atoms in total. The van der Waals surface area contributed by atoms with Crippen LogP contribution in [-0.2, 0) is 0 Å². The van der Waals surface area contributed by atoms with Crippen molar-refractivity contribution in [2.24, 2.45) is 0 Å². The summed E-state index contributed by atoms with van der Waals surface area (Å²) in [6.07, 6.45) is 0. The Kier molecular flexibility index (Phi) is 2.42. The van der Waals surface area contributed by atoms with Crippen molar-refractivity contribution < 1.29 is 9.52 Å². The Balaban J connectivity index is 1.98. The van der Waals surface area contributed by atoms with Gasteiger partial charge in [-0.2, -0.15) is 0 Å². The number of para-hydroxylation sites is 1. The molecular formula is C18H13NO2. The molecule has 0 amide bonds. The highest BCUT2D eigenvalue weighted by Gasteiger charge is 2.10. The zero-order valence-electron chi connectivity index (χ0n) is 11.2. The van der Waals surface area contributed by atoms with E-state index in [0.717, 1.165) is 27.5 Å². The molecular weight excluding hydrogens is 262 g/mol. The third-order valence-electron chi connectivity index (χ3n) is 3.71. The summed E-state index contributed by atoms with van der Waals surface area (Å²) in [5, 5.41) is 12.2. The molecule has 4 rings (SSSR count). The molecule has 102 valence electrons. The summed E-state index contributed by atoms with van der Waals surface area (Å²) in [4.78, 5) is 0. The van der Waals surface area contributed by atoms with E-state index in [1.54, 1.807) is 18.2 Å². The second-order valence-electron chi connectivity index (χ2n) is 5.09. The van der Waals surface area contributed by atoms with Crippen molar-refractivity contribution in [3.8, 4) is 16.9 Å². The standard InChI is InChI=1S/C18H13NO2/c19-12-6-8-16(20)15(10-12)11-5-7-14-13-3-1-2-4-17(13)21-18(14)9-11/h1-10,20H,19H2. The molecule has 0 aliphatic carbocycles. The number of hydrogen-bond acceptors (Lipinski definition) is 3. The summed E-state index contributed by atoms with van der Waals surface area (Å²) < 4.78 is 5.87. The van der Waals surface area contributed by atoms with Gasteiger partial charge in [0.2, 0.25) is 0 Å². The lowest BCUT2D eigenvalue weighted by Gasteiger charge is -2.05. The van der Waals surface area contributed by atoms with Crippen LogP contribution >= 0.6 is 0 Å². The Bertz CT molecular complexity index is 969. The maximum absolute atomic E-state index is 10.0. The van der Waals surface area contributed by atoms with Crippen LogP contribution in [0.1, 0.15) is 0 Å². The highest BCUT2D eigenvalue weighted by molar-refractivity contribution is 6.06. The molecule has 0 radical (unpaired) electrons. The summed E-state index contributed by atoms with van der Waals surface area (Å²) >= 11 is 0. The van der Waals surface area contributed by atoms with Crippen LogP contribution in [-0.4, -0.2) is 5.11 Å². The van der Waals surface area contributed by atoms with Crippen LogP contribution in [0.25, 0.3) is 33.1 Å². The number of hydrogen-bond donors (Lipinski definition) is 2. The van der Waals surface area contributed by atoms with Crippen LogP contribution in [0.3, 0.4) is 0 Å². The fourth-order valence-electron chi connectivity index (χ4n) is 2.68. The number of rotatable bonds is 1. The average Bonchev–Trinajstić information content (AvgIpc) is 2.87. The van der Waals surface area contributed by atoms with E-state index < -0.39 is 0 Å². The first kappa shape index (κ1) is 11.9. The Morgan fingerprint density at radius 1 is 0.810 bits per heavy atom. The topological polar surface area (TPSA) is 59.4 Å². The minimum atomic E-state index is 0.208. The van der Waals surface area contributed by atoms with E-state index in [2.05, 4.69) is 0 Å². The average molecular weight is 275 g/mol. The van der Waals surface area contributed by atoms with Gasteiger partial charge in [0, 0.05) is 22.0 Å². The van der Waals surface area contributed by atoms with E-state index in [0.29, 0.717) is 11.3 Å². The molecule has 0 unspecified atom stereocenters. The van der Waals surface area contributed by atoms with Gasteiger partial charge in [-0.3, -0.25) is 0 Å². The van der Waals surface area contributed by atoms with Gasteiger partial charge in [-0.15, -0.1) is 0 Å². The van der Waals surface area contributed by atoms with Crippen LogP contribution in [0, 0.1) is 0 Å². The van der Waals surface area contributed by atoms with Gasteiger partial charge < -0.3 is 15.3 Å². The number of nitrogens with two attached hydrogens (primary N) is 1. The SMILES string of the molecule is Nc1ccc(O)c(-c2ccc3c(c2)oc2ccccc23)c1. The summed E-state index contributed by atoms with van der Waals surface area (Å²) in [5.41, 5.74) is 9.67. The Morgan fingerprint density at radius 2 is 1.62 bits per heavy atom. The van der Waals surface area contributed by atoms with Gasteiger partial charge in [0.1, 0.15) is 16.9 Å². The van der Waals surface area contributed by atoms with E-state index >= 15 is 0 Å². The normalized spacial score (nSPS) is 11.2. The Morgan fingerprint density at radius 3 is 2.52 bits per heavy atom. The predicted molar refractivity (Wildman–Crippen MR) is 85.2 cm³/mol. The fourth-order valence-corrected chi connectivity index (χ4v) is 2.68. The molecule has 0 atom stereocenters. The molecule has 0 aliphatic rings. The van der Waals surface area contributed by atoms with Crippen molar-refractivity contribution in [3.63, 3.8) is 0 Å². The molecule has 0 aliphatic heterocycles. The Labute approximate surface area is 121 Å². The summed E-state index contributed by atoms with van der Waals surface area (Å²) in [6, 6.07) is 18.9. The molecule has 1 aromatic heterocycles. The molecule has 21 heavy (non-hydrogen) atoms. The van der Waals surface area contributed by atoms with Crippen molar-refractivity contribution >= 4 is 27.6 Å². The lowest BCUT2D eigenvalue weighted by Crippen LogP contribution is -1.86. The molecule has 0 saturated carbocycles. The van der Waals surface area contributed by atoms with Crippen molar-refractivity contribution in [1.82, 2.24) is 0 Å². The monoisotopic (exact) mass is 275 g/mol. The minimum Gasteiger partial charge on any atom is -0.507 e. The molecule has 4 aromatic rings. The van der Waals surface area contributed by atoms with Crippen LogP contribution in [0.15, 0.2) is 65.1 Å². The summed E-state index contributed by atoms with van der Waals surface area (Å²) in [5.74, 6) is 0.208. The second kappa shape index (κ2) is 4.28. The van der Waals surface area contributed by atoms with Crippen LogP contribution in [0.2, 0.25) is 0 Å². The largest absolute Gasteiger partial charge is 0.507 e. The maximum Gasteiger partial charge on any atom is 0.136 e. The van der Waals surface area contributed by atoms with Crippen LogP contribution in [0.5, 0.6) is 5.75 Å². The van der Waals surface area contributed by atoms with Crippen LogP contribution < -0.4 is 5.73 Å². The third-order valence-corrected chi connectivity index (χ3v) is 3.71. The molecule has 0 spiro atoms. The summed E-state index contributed by atoms with van der Waals surface area (Å²) in [6.45, 7) is 0. The van der Waals surface area contributed by atoms with E-state index in [1.807, 2.05) is 42.5 Å². The zero-order valence-corrected chi connectivity index (χ0v) is 11.2. The van der Waals surface area contributed by atoms with Crippen molar-refractivity contribution in [1.29, 1.82) is 0 Å². The Hall–Kier alpha value is -2.94. The number of furan rings is 1. The van der Waals surface area contributed by atoms with Crippen molar-refractivity contribution in [2.75, 3.05) is 5.73 Å². The molecule has 0 saturated heterocycles. The van der Waals surface area contributed by atoms with Gasteiger partial charge in [-0.1, -0.05) is 24.3 Å². The van der Waals surface area contributed by atoms with Gasteiger partial charge in [-0.25, -0.2) is 0 Å². The highest BCUT2D eigenvalue weighted by Crippen LogP contribution is 2.35. The van der Waals surface area contributed by atoms with E-state index in [1.165, 1.54) is 0 Å². The fraction of sp³-hybridized carbons (Fsp3) is 0.